The lowest BCUT2D eigenvalue weighted by molar-refractivity contribution is -0.596. The summed E-state index contributed by atoms with van der Waals surface area (Å²) in [5, 5.41) is 2.93. The smallest absolute Gasteiger partial charge is 0.304 e. The highest BCUT2D eigenvalue weighted by atomic mass is 16.5. The minimum Gasteiger partial charge on any atom is -0.493 e. The molecule has 1 heterocycles. The number of nitrogens with zero attached hydrogens (tertiary/aromatic N) is 1. The van der Waals surface area contributed by atoms with Crippen LogP contribution in [0.3, 0.4) is 0 Å². The van der Waals surface area contributed by atoms with Crippen LogP contribution in [0.25, 0.3) is 0 Å². The lowest BCUT2D eigenvalue weighted by Gasteiger charge is -2.15. The molecule has 2 atom stereocenters. The largest absolute Gasteiger partial charge is 0.493 e. The number of hydrazine groups is 1. The number of hydrogen-bond donors (Lipinski definition) is 2. The first-order chi connectivity index (χ1) is 16.4. The van der Waals surface area contributed by atoms with Crippen LogP contribution in [0, 0.1) is 13.8 Å². The maximum absolute atomic E-state index is 13.1. The van der Waals surface area contributed by atoms with E-state index in [-0.39, 0.29) is 11.8 Å². The molecule has 34 heavy (non-hydrogen) atoms. The normalized spacial score (nSPS) is 18.5. The van der Waals surface area contributed by atoms with Crippen molar-refractivity contribution in [2.24, 2.45) is 0 Å². The van der Waals surface area contributed by atoms with Crippen molar-refractivity contribution in [1.82, 2.24) is 10.7 Å². The molecule has 0 aliphatic carbocycles. The van der Waals surface area contributed by atoms with Gasteiger partial charge >= 0.3 is 5.91 Å². The number of nitrogens with one attached hydrogen (secondary N) is 2. The van der Waals surface area contributed by atoms with Gasteiger partial charge in [0.2, 0.25) is 12.3 Å². The molecule has 0 spiro atoms. The van der Waals surface area contributed by atoms with E-state index in [4.69, 9.17) is 9.47 Å². The first-order valence-corrected chi connectivity index (χ1v) is 11.0. The fourth-order valence-electron chi connectivity index (χ4n) is 4.05. The fourth-order valence-corrected chi connectivity index (χ4v) is 4.05. The van der Waals surface area contributed by atoms with Gasteiger partial charge in [0, 0.05) is 16.7 Å². The highest BCUT2D eigenvalue weighted by Crippen LogP contribution is 2.29. The van der Waals surface area contributed by atoms with Gasteiger partial charge < -0.3 is 14.8 Å². The van der Waals surface area contributed by atoms with Gasteiger partial charge in [0.15, 0.2) is 17.5 Å². The predicted octanol–water partition coefficient (Wildman–Crippen LogP) is 3.34. The number of carbonyl (C=O) groups excluding carboxylic acids is 2. The molecule has 0 radical (unpaired) electrons. The summed E-state index contributed by atoms with van der Waals surface area (Å²) in [5.41, 5.74) is 7.20. The van der Waals surface area contributed by atoms with Crippen molar-refractivity contribution in [3.8, 4) is 11.5 Å². The van der Waals surface area contributed by atoms with Crippen LogP contribution >= 0.6 is 0 Å². The molecule has 0 aromatic heterocycles. The summed E-state index contributed by atoms with van der Waals surface area (Å²) >= 11 is 0. The van der Waals surface area contributed by atoms with Crippen molar-refractivity contribution in [2.75, 3.05) is 14.2 Å². The Bertz CT molecular complexity index is 1250. The first kappa shape index (κ1) is 23.0. The SMILES string of the molecule is COc1ccc(/C=[N+]2\NC(=O)[C@H](NC(=O)c3cccc(C)c3)[C@H]2c2ccc(C)cc2)cc1OC. The third kappa shape index (κ3) is 4.78. The lowest BCUT2D eigenvalue weighted by atomic mass is 9.98. The Morgan fingerprint density at radius 1 is 0.941 bits per heavy atom. The first-order valence-electron chi connectivity index (χ1n) is 11.0. The Labute approximate surface area is 199 Å². The summed E-state index contributed by atoms with van der Waals surface area (Å²) in [7, 11) is 3.15. The molecular formula is C27H28N3O4+. The number of methoxy groups -OCH3 is 2. The van der Waals surface area contributed by atoms with Crippen LogP contribution in [-0.4, -0.2) is 43.0 Å². The molecule has 0 bridgehead atoms. The molecule has 2 amide bonds. The van der Waals surface area contributed by atoms with E-state index < -0.39 is 12.1 Å². The van der Waals surface area contributed by atoms with E-state index in [2.05, 4.69) is 10.7 Å². The van der Waals surface area contributed by atoms with Gasteiger partial charge in [-0.25, -0.2) is 0 Å². The molecule has 1 aliphatic heterocycles. The minimum absolute atomic E-state index is 0.289. The number of ether oxygens (including phenoxy) is 2. The van der Waals surface area contributed by atoms with Gasteiger partial charge in [0.1, 0.15) is 0 Å². The summed E-state index contributed by atoms with van der Waals surface area (Å²) in [5.74, 6) is 0.610. The van der Waals surface area contributed by atoms with Crippen LogP contribution in [0.1, 0.15) is 38.7 Å². The number of rotatable bonds is 6. The Balaban J connectivity index is 1.72. The Morgan fingerprint density at radius 3 is 2.35 bits per heavy atom. The van der Waals surface area contributed by atoms with E-state index in [1.165, 1.54) is 0 Å². The average Bonchev–Trinajstić information content (AvgIpc) is 3.13. The van der Waals surface area contributed by atoms with Crippen LogP contribution in [0.2, 0.25) is 0 Å². The maximum atomic E-state index is 13.1. The highest BCUT2D eigenvalue weighted by molar-refractivity contribution is 5.98. The van der Waals surface area contributed by atoms with Crippen LogP contribution in [0.4, 0.5) is 0 Å². The van der Waals surface area contributed by atoms with E-state index >= 15 is 0 Å². The van der Waals surface area contributed by atoms with Crippen molar-refractivity contribution < 1.29 is 23.7 Å². The molecule has 2 N–H and O–H groups in total. The van der Waals surface area contributed by atoms with Gasteiger partial charge in [-0.3, -0.25) is 9.59 Å². The number of amides is 2. The molecule has 1 aliphatic rings. The van der Waals surface area contributed by atoms with Crippen LogP contribution in [0.5, 0.6) is 11.5 Å². The Hall–Kier alpha value is -4.13. The van der Waals surface area contributed by atoms with Crippen molar-refractivity contribution in [1.29, 1.82) is 0 Å². The van der Waals surface area contributed by atoms with E-state index in [1.54, 1.807) is 37.1 Å². The number of carbonyl (C=O) groups is 2. The van der Waals surface area contributed by atoms with Crippen molar-refractivity contribution in [2.45, 2.75) is 25.9 Å². The van der Waals surface area contributed by atoms with Gasteiger partial charge in [0.05, 0.1) is 14.2 Å². The number of aryl methyl sites for hydroxylation is 2. The number of hydrazone groups is 1. The zero-order chi connectivity index (χ0) is 24.2. The van der Waals surface area contributed by atoms with Crippen LogP contribution < -0.4 is 20.2 Å². The molecule has 3 aromatic carbocycles. The Morgan fingerprint density at radius 2 is 1.68 bits per heavy atom. The molecule has 174 valence electrons. The van der Waals surface area contributed by atoms with Gasteiger partial charge in [-0.2, -0.15) is 0 Å². The molecule has 4 rings (SSSR count). The van der Waals surface area contributed by atoms with Crippen LogP contribution in [-0.2, 0) is 4.79 Å². The molecule has 7 nitrogen and oxygen atoms in total. The van der Waals surface area contributed by atoms with Crippen LogP contribution in [0.15, 0.2) is 66.7 Å². The Kier molecular flexibility index (Phi) is 6.63. The van der Waals surface area contributed by atoms with E-state index in [9.17, 15) is 9.59 Å². The molecule has 7 heteroatoms. The molecule has 1 fully saturated rings. The summed E-state index contributed by atoms with van der Waals surface area (Å²) < 4.78 is 12.5. The van der Waals surface area contributed by atoms with Crippen molar-refractivity contribution in [3.63, 3.8) is 0 Å². The third-order valence-electron chi connectivity index (χ3n) is 5.82. The molecule has 3 aromatic rings. The van der Waals surface area contributed by atoms with Crippen molar-refractivity contribution >= 4 is 18.0 Å². The second kappa shape index (κ2) is 9.79. The summed E-state index contributed by atoms with van der Waals surface area (Å²) in [6, 6.07) is 19.5. The monoisotopic (exact) mass is 458 g/mol. The summed E-state index contributed by atoms with van der Waals surface area (Å²) in [6.07, 6.45) is 1.82. The minimum atomic E-state index is -0.785. The predicted molar refractivity (Wildman–Crippen MR) is 129 cm³/mol. The highest BCUT2D eigenvalue weighted by Gasteiger charge is 2.47. The van der Waals surface area contributed by atoms with E-state index in [0.29, 0.717) is 17.1 Å². The van der Waals surface area contributed by atoms with Crippen molar-refractivity contribution in [3.05, 3.63) is 94.5 Å². The summed E-state index contributed by atoms with van der Waals surface area (Å²) in [6.45, 7) is 3.93. The molecule has 0 unspecified atom stereocenters. The quantitative estimate of drug-likeness (QED) is 0.556. The summed E-state index contributed by atoms with van der Waals surface area (Å²) in [4.78, 5) is 26.0. The maximum Gasteiger partial charge on any atom is 0.304 e. The topological polar surface area (TPSA) is 79.7 Å². The second-order valence-electron chi connectivity index (χ2n) is 8.30. The number of benzene rings is 3. The van der Waals surface area contributed by atoms with E-state index in [1.807, 2.05) is 68.6 Å². The zero-order valence-corrected chi connectivity index (χ0v) is 19.7. The van der Waals surface area contributed by atoms with Gasteiger partial charge in [-0.1, -0.05) is 47.5 Å². The standard InChI is InChI=1S/C27H27N3O4/c1-17-8-11-20(12-9-17)25-24(28-26(31)21-7-5-6-18(2)14-21)27(32)29-30(25)16-19-10-13-22(33-3)23(15-19)34-4/h5-16,24-25H,1-4H3,(H-,28,29,31,32)/p+1/b30-16-/t24-,25-/m1/s1. The van der Waals surface area contributed by atoms with Gasteiger partial charge in [-0.15, -0.1) is 10.1 Å². The number of hydrogen-bond acceptors (Lipinski definition) is 4. The van der Waals surface area contributed by atoms with Gasteiger partial charge in [-0.05, 0) is 44.2 Å². The fraction of sp³-hybridized carbons (Fsp3) is 0.222. The lowest BCUT2D eigenvalue weighted by Crippen LogP contribution is -2.42. The van der Waals surface area contributed by atoms with E-state index in [0.717, 1.165) is 22.3 Å². The molecule has 1 saturated heterocycles. The third-order valence-corrected chi connectivity index (χ3v) is 5.82. The average molecular weight is 459 g/mol. The molecule has 0 saturated carbocycles. The zero-order valence-electron chi connectivity index (χ0n) is 19.7. The molecular weight excluding hydrogens is 430 g/mol. The van der Waals surface area contributed by atoms with Gasteiger partial charge in [0.25, 0.3) is 5.91 Å². The second-order valence-corrected chi connectivity index (χ2v) is 8.30.